The lowest BCUT2D eigenvalue weighted by Gasteiger charge is -2.18. The van der Waals surface area contributed by atoms with Crippen molar-refractivity contribution in [3.63, 3.8) is 0 Å². The molecule has 0 aliphatic carbocycles. The molecule has 9 aromatic rings. The van der Waals surface area contributed by atoms with Crippen molar-refractivity contribution in [1.82, 2.24) is 4.57 Å². The van der Waals surface area contributed by atoms with E-state index in [0.29, 0.717) is 0 Å². The van der Waals surface area contributed by atoms with Gasteiger partial charge in [0.15, 0.2) is 0 Å². The van der Waals surface area contributed by atoms with E-state index >= 15 is 0 Å². The van der Waals surface area contributed by atoms with Gasteiger partial charge in [-0.3, -0.25) is 0 Å². The highest BCUT2D eigenvalue weighted by atomic mass is 15.0. The number of nitrogens with zero attached hydrogens (tertiary/aromatic N) is 1. The van der Waals surface area contributed by atoms with Gasteiger partial charge in [0.25, 0.3) is 0 Å². The maximum absolute atomic E-state index is 2.40. The van der Waals surface area contributed by atoms with Crippen LogP contribution in [0.1, 0.15) is 0 Å². The molecule has 0 aliphatic rings. The van der Waals surface area contributed by atoms with Crippen LogP contribution in [0.25, 0.3) is 82.4 Å². The largest absolute Gasteiger partial charge is 0.309 e. The fraction of sp³-hybridized carbons (Fsp3) is 0. The summed E-state index contributed by atoms with van der Waals surface area (Å²) in [5.74, 6) is 0. The molecule has 1 heteroatoms. The van der Waals surface area contributed by atoms with E-state index in [1.165, 1.54) is 82.4 Å². The zero-order valence-corrected chi connectivity index (χ0v) is 24.7. The van der Waals surface area contributed by atoms with E-state index in [9.17, 15) is 0 Å². The van der Waals surface area contributed by atoms with Crippen LogP contribution in [-0.2, 0) is 0 Å². The molecule has 210 valence electrons. The van der Waals surface area contributed by atoms with Crippen molar-refractivity contribution in [2.75, 3.05) is 0 Å². The van der Waals surface area contributed by atoms with Crippen LogP contribution in [-0.4, -0.2) is 4.57 Å². The molecule has 8 aromatic carbocycles. The monoisotopic (exact) mass is 571 g/mol. The van der Waals surface area contributed by atoms with Crippen LogP contribution in [0.15, 0.2) is 176 Å². The molecule has 0 atom stereocenters. The third-order valence-electron chi connectivity index (χ3n) is 9.17. The molecule has 0 radical (unpaired) electrons. The van der Waals surface area contributed by atoms with Crippen LogP contribution >= 0.6 is 0 Å². The molecule has 0 amide bonds. The molecule has 9 rings (SSSR count). The number of hydrogen-bond acceptors (Lipinski definition) is 0. The molecule has 0 unspecified atom stereocenters. The summed E-state index contributed by atoms with van der Waals surface area (Å²) in [4.78, 5) is 0. The standard InChI is InChI=1S/C44H29N/c1-3-14-30(15-4-1)31-16-13-17-32(28-31)43-36-21-7-9-23-38(36)44(39-24-10-8-22-37(39)43)33-26-27-42-40(29-33)35-20-11-12-25-41(35)45(42)34-18-5-2-6-19-34/h1-29H. The van der Waals surface area contributed by atoms with Crippen LogP contribution in [0.3, 0.4) is 0 Å². The predicted molar refractivity (Wildman–Crippen MR) is 192 cm³/mol. The minimum atomic E-state index is 1.18. The third-order valence-corrected chi connectivity index (χ3v) is 9.17. The van der Waals surface area contributed by atoms with Gasteiger partial charge in [0.1, 0.15) is 0 Å². The Bertz CT molecular complexity index is 2460. The second-order valence-electron chi connectivity index (χ2n) is 11.7. The maximum atomic E-state index is 2.40. The summed E-state index contributed by atoms with van der Waals surface area (Å²) in [5, 5.41) is 7.59. The second kappa shape index (κ2) is 10.4. The van der Waals surface area contributed by atoms with E-state index in [0.717, 1.165) is 0 Å². The lowest BCUT2D eigenvalue weighted by molar-refractivity contribution is 1.18. The Morgan fingerprint density at radius 3 is 1.38 bits per heavy atom. The van der Waals surface area contributed by atoms with Gasteiger partial charge in [0, 0.05) is 16.5 Å². The van der Waals surface area contributed by atoms with Crippen molar-refractivity contribution in [3.8, 4) is 39.1 Å². The molecule has 0 aliphatic heterocycles. The summed E-state index contributed by atoms with van der Waals surface area (Å²) in [6.07, 6.45) is 0. The molecule has 0 N–H and O–H groups in total. The molecule has 0 saturated heterocycles. The fourth-order valence-corrected chi connectivity index (χ4v) is 7.22. The number of rotatable bonds is 4. The fourth-order valence-electron chi connectivity index (χ4n) is 7.22. The highest BCUT2D eigenvalue weighted by molar-refractivity contribution is 6.22. The SMILES string of the molecule is c1ccc(-c2cccc(-c3c4ccccc4c(-c4ccc5c(c4)c4ccccc4n5-c4ccccc4)c4ccccc34)c2)cc1. The molecular weight excluding hydrogens is 542 g/mol. The summed E-state index contributed by atoms with van der Waals surface area (Å²) < 4.78 is 2.38. The summed E-state index contributed by atoms with van der Waals surface area (Å²) in [6, 6.07) is 63.9. The molecule has 1 nitrogen and oxygen atoms in total. The summed E-state index contributed by atoms with van der Waals surface area (Å²) in [7, 11) is 0. The Kier molecular flexibility index (Phi) is 5.89. The first-order valence-electron chi connectivity index (χ1n) is 15.5. The van der Waals surface area contributed by atoms with Crippen LogP contribution in [0, 0.1) is 0 Å². The van der Waals surface area contributed by atoms with Crippen molar-refractivity contribution >= 4 is 43.4 Å². The molecule has 0 fully saturated rings. The Morgan fingerprint density at radius 2 is 0.733 bits per heavy atom. The third kappa shape index (κ3) is 4.09. The highest BCUT2D eigenvalue weighted by Crippen LogP contribution is 2.45. The van der Waals surface area contributed by atoms with Gasteiger partial charge >= 0.3 is 0 Å². The van der Waals surface area contributed by atoms with E-state index in [1.54, 1.807) is 0 Å². The Hall–Kier alpha value is -5.92. The van der Waals surface area contributed by atoms with Crippen molar-refractivity contribution < 1.29 is 0 Å². The lowest BCUT2D eigenvalue weighted by Crippen LogP contribution is -1.93. The van der Waals surface area contributed by atoms with Gasteiger partial charge in [0.05, 0.1) is 11.0 Å². The van der Waals surface area contributed by atoms with E-state index in [4.69, 9.17) is 0 Å². The van der Waals surface area contributed by atoms with Crippen molar-refractivity contribution in [1.29, 1.82) is 0 Å². The summed E-state index contributed by atoms with van der Waals surface area (Å²) in [6.45, 7) is 0. The highest BCUT2D eigenvalue weighted by Gasteiger charge is 2.19. The van der Waals surface area contributed by atoms with Gasteiger partial charge in [-0.25, -0.2) is 0 Å². The first kappa shape index (κ1) is 25.6. The molecule has 45 heavy (non-hydrogen) atoms. The number of hydrogen-bond donors (Lipinski definition) is 0. The second-order valence-corrected chi connectivity index (χ2v) is 11.7. The Labute approximate surface area is 262 Å². The minimum Gasteiger partial charge on any atom is -0.309 e. The van der Waals surface area contributed by atoms with Crippen molar-refractivity contribution in [3.05, 3.63) is 176 Å². The number of para-hydroxylation sites is 2. The zero-order chi connectivity index (χ0) is 29.7. The minimum absolute atomic E-state index is 1.18. The van der Waals surface area contributed by atoms with Gasteiger partial charge in [-0.15, -0.1) is 0 Å². The van der Waals surface area contributed by atoms with E-state index in [1.807, 2.05) is 0 Å². The molecule has 0 saturated carbocycles. The topological polar surface area (TPSA) is 4.93 Å². The molecule has 0 spiro atoms. The zero-order valence-electron chi connectivity index (χ0n) is 24.7. The number of aromatic nitrogens is 1. The van der Waals surface area contributed by atoms with Crippen LogP contribution in [0.2, 0.25) is 0 Å². The summed E-state index contributed by atoms with van der Waals surface area (Å²) >= 11 is 0. The lowest BCUT2D eigenvalue weighted by atomic mass is 9.85. The smallest absolute Gasteiger partial charge is 0.0541 e. The van der Waals surface area contributed by atoms with Crippen LogP contribution in [0.5, 0.6) is 0 Å². The quantitative estimate of drug-likeness (QED) is 0.185. The first-order chi connectivity index (χ1) is 22.3. The Balaban J connectivity index is 1.33. The van der Waals surface area contributed by atoms with E-state index in [-0.39, 0.29) is 0 Å². The van der Waals surface area contributed by atoms with Crippen LogP contribution < -0.4 is 0 Å². The van der Waals surface area contributed by atoms with Gasteiger partial charge < -0.3 is 4.57 Å². The molecule has 1 aromatic heterocycles. The number of fused-ring (bicyclic) bond motifs is 5. The first-order valence-corrected chi connectivity index (χ1v) is 15.5. The van der Waals surface area contributed by atoms with Gasteiger partial charge in [-0.05, 0) is 91.3 Å². The Morgan fingerprint density at radius 1 is 0.267 bits per heavy atom. The van der Waals surface area contributed by atoms with E-state index in [2.05, 4.69) is 180 Å². The summed E-state index contributed by atoms with van der Waals surface area (Å²) in [5.41, 5.74) is 11.1. The van der Waals surface area contributed by atoms with Crippen molar-refractivity contribution in [2.24, 2.45) is 0 Å². The van der Waals surface area contributed by atoms with Crippen LogP contribution in [0.4, 0.5) is 0 Å². The molecule has 1 heterocycles. The number of benzene rings is 8. The van der Waals surface area contributed by atoms with E-state index < -0.39 is 0 Å². The predicted octanol–water partition coefficient (Wildman–Crippen LogP) is 12.1. The molecular formula is C44H29N. The average molecular weight is 572 g/mol. The molecule has 0 bridgehead atoms. The van der Waals surface area contributed by atoms with Gasteiger partial charge in [-0.1, -0.05) is 140 Å². The van der Waals surface area contributed by atoms with Gasteiger partial charge in [-0.2, -0.15) is 0 Å². The van der Waals surface area contributed by atoms with Gasteiger partial charge in [0.2, 0.25) is 0 Å². The normalized spacial score (nSPS) is 11.6. The average Bonchev–Trinajstić information content (AvgIpc) is 3.45. The van der Waals surface area contributed by atoms with Crippen molar-refractivity contribution in [2.45, 2.75) is 0 Å². The maximum Gasteiger partial charge on any atom is 0.0541 e.